The molecule has 0 aliphatic heterocycles. The van der Waals surface area contributed by atoms with Crippen LogP contribution in [0.15, 0.2) is 30.3 Å². The van der Waals surface area contributed by atoms with Crippen molar-refractivity contribution in [3.05, 3.63) is 35.9 Å². The number of carbonyl (C=O) groups is 1. The number of carboxylic acids is 1. The quantitative estimate of drug-likeness (QED) is 0.673. The Morgan fingerprint density at radius 1 is 1.39 bits per heavy atom. The molecule has 1 aromatic rings. The fourth-order valence-corrected chi connectivity index (χ4v) is 2.54. The normalized spacial score (nSPS) is 15.0. The van der Waals surface area contributed by atoms with E-state index in [1.807, 2.05) is 0 Å². The van der Waals surface area contributed by atoms with Crippen LogP contribution >= 0.6 is 12.6 Å². The van der Waals surface area contributed by atoms with E-state index < -0.39 is 27.2 Å². The third-order valence-electron chi connectivity index (χ3n) is 2.36. The van der Waals surface area contributed by atoms with Gasteiger partial charge in [0, 0.05) is 11.8 Å². The highest BCUT2D eigenvalue weighted by atomic mass is 32.2. The molecular formula is C11H15NO4S2. The van der Waals surface area contributed by atoms with Crippen LogP contribution in [0.2, 0.25) is 0 Å². The van der Waals surface area contributed by atoms with Crippen molar-refractivity contribution in [2.75, 3.05) is 12.8 Å². The maximum Gasteiger partial charge on any atom is 0.312 e. The van der Waals surface area contributed by atoms with Crippen molar-refractivity contribution in [2.45, 2.75) is 11.2 Å². The van der Waals surface area contributed by atoms with Gasteiger partial charge in [-0.1, -0.05) is 30.3 Å². The molecule has 2 unspecified atom stereocenters. The largest absolute Gasteiger partial charge is 0.481 e. The Hall–Kier alpha value is -1.05. The van der Waals surface area contributed by atoms with Crippen molar-refractivity contribution in [3.63, 3.8) is 0 Å². The minimum absolute atomic E-state index is 0.0339. The topological polar surface area (TPSA) is 83.5 Å². The van der Waals surface area contributed by atoms with Gasteiger partial charge in [0.15, 0.2) is 0 Å². The van der Waals surface area contributed by atoms with Crippen molar-refractivity contribution >= 4 is 28.6 Å². The van der Waals surface area contributed by atoms with E-state index in [0.717, 1.165) is 6.26 Å². The van der Waals surface area contributed by atoms with Gasteiger partial charge in [0.25, 0.3) is 0 Å². The molecule has 0 saturated heterocycles. The summed E-state index contributed by atoms with van der Waals surface area (Å²) in [6, 6.07) is 8.61. The monoisotopic (exact) mass is 289 g/mol. The van der Waals surface area contributed by atoms with E-state index in [0.29, 0.717) is 5.56 Å². The van der Waals surface area contributed by atoms with Gasteiger partial charge in [0.2, 0.25) is 10.0 Å². The Balaban J connectivity index is 2.83. The fraction of sp³-hybridized carbons (Fsp3) is 0.364. The van der Waals surface area contributed by atoms with E-state index in [4.69, 9.17) is 0 Å². The second-order valence-corrected chi connectivity index (χ2v) is 6.41. The number of sulfonamides is 1. The molecule has 0 aromatic heterocycles. The van der Waals surface area contributed by atoms with Gasteiger partial charge in [0.05, 0.1) is 12.2 Å². The molecule has 0 amide bonds. The summed E-state index contributed by atoms with van der Waals surface area (Å²) >= 11 is 4.18. The molecule has 2 atom stereocenters. The maximum atomic E-state index is 11.2. The van der Waals surface area contributed by atoms with Gasteiger partial charge in [0.1, 0.15) is 0 Å². The van der Waals surface area contributed by atoms with Gasteiger partial charge in [-0.05, 0) is 5.56 Å². The molecule has 100 valence electrons. The lowest BCUT2D eigenvalue weighted by Crippen LogP contribution is -2.34. The molecule has 0 fully saturated rings. The summed E-state index contributed by atoms with van der Waals surface area (Å²) in [5, 5.41) is 8.56. The smallest absolute Gasteiger partial charge is 0.312 e. The third kappa shape index (κ3) is 4.67. The number of thiol groups is 1. The summed E-state index contributed by atoms with van der Waals surface area (Å²) in [5.74, 6) is -1.89. The zero-order valence-corrected chi connectivity index (χ0v) is 11.5. The number of benzene rings is 1. The summed E-state index contributed by atoms with van der Waals surface area (Å²) in [6.45, 7) is -0.0339. The summed E-state index contributed by atoms with van der Waals surface area (Å²) in [7, 11) is -3.35. The van der Waals surface area contributed by atoms with Crippen molar-refractivity contribution in [2.24, 2.45) is 0 Å². The van der Waals surface area contributed by atoms with Gasteiger partial charge >= 0.3 is 5.97 Å². The maximum absolute atomic E-state index is 11.2. The van der Waals surface area contributed by atoms with Crippen molar-refractivity contribution in [1.29, 1.82) is 0 Å². The minimum atomic E-state index is -3.35. The number of aliphatic carboxylic acids is 1. The number of hydrogen-bond donors (Lipinski definition) is 3. The molecule has 1 rings (SSSR count). The van der Waals surface area contributed by atoms with E-state index in [2.05, 4.69) is 17.4 Å². The second kappa shape index (κ2) is 6.21. The van der Waals surface area contributed by atoms with Crippen LogP contribution in [-0.2, 0) is 14.8 Å². The molecular weight excluding hydrogens is 274 g/mol. The molecule has 5 nitrogen and oxygen atoms in total. The first-order valence-corrected chi connectivity index (χ1v) is 7.62. The molecule has 0 radical (unpaired) electrons. The van der Waals surface area contributed by atoms with Gasteiger partial charge in [-0.25, -0.2) is 13.1 Å². The highest BCUT2D eigenvalue weighted by Crippen LogP contribution is 2.23. The van der Waals surface area contributed by atoms with Gasteiger partial charge < -0.3 is 5.11 Å². The molecule has 0 heterocycles. The SMILES string of the molecule is CS(=O)(=O)NCC(S)C(C(=O)O)c1ccccc1. The van der Waals surface area contributed by atoms with Crippen LogP contribution in [0.1, 0.15) is 11.5 Å². The Bertz CT molecular complexity index is 501. The highest BCUT2D eigenvalue weighted by Gasteiger charge is 2.27. The summed E-state index contributed by atoms with van der Waals surface area (Å²) < 4.78 is 24.2. The zero-order chi connectivity index (χ0) is 13.8. The Labute approximate surface area is 112 Å². The van der Waals surface area contributed by atoms with E-state index in [9.17, 15) is 18.3 Å². The lowest BCUT2D eigenvalue weighted by Gasteiger charge is -2.19. The molecule has 2 N–H and O–H groups in total. The van der Waals surface area contributed by atoms with Crippen LogP contribution in [0.25, 0.3) is 0 Å². The number of carboxylic acid groups (broad SMARTS) is 1. The molecule has 1 aromatic carbocycles. The number of hydrogen-bond acceptors (Lipinski definition) is 4. The molecule has 18 heavy (non-hydrogen) atoms. The average molecular weight is 289 g/mol. The summed E-state index contributed by atoms with van der Waals surface area (Å²) in [4.78, 5) is 11.2. The van der Waals surface area contributed by atoms with Crippen molar-refractivity contribution in [3.8, 4) is 0 Å². The number of nitrogens with one attached hydrogen (secondary N) is 1. The lowest BCUT2D eigenvalue weighted by atomic mass is 9.95. The first kappa shape index (κ1) is 15.0. The second-order valence-electron chi connectivity index (χ2n) is 3.91. The van der Waals surface area contributed by atoms with E-state index in [1.165, 1.54) is 0 Å². The molecule has 7 heteroatoms. The van der Waals surface area contributed by atoms with Gasteiger partial charge in [-0.2, -0.15) is 12.6 Å². The number of rotatable bonds is 6. The van der Waals surface area contributed by atoms with Crippen LogP contribution in [0.5, 0.6) is 0 Å². The van der Waals surface area contributed by atoms with E-state index in [-0.39, 0.29) is 6.54 Å². The van der Waals surface area contributed by atoms with Crippen LogP contribution in [0, 0.1) is 0 Å². The zero-order valence-electron chi connectivity index (χ0n) is 9.78. The molecule has 0 aliphatic rings. The summed E-state index contributed by atoms with van der Waals surface area (Å²) in [5.41, 5.74) is 0.598. The standard InChI is InChI=1S/C11H15NO4S2/c1-18(15,16)12-7-9(17)10(11(13)14)8-5-3-2-4-6-8/h2-6,9-10,12,17H,7H2,1H3,(H,13,14). The molecule has 0 bridgehead atoms. The van der Waals surface area contributed by atoms with Crippen LogP contribution < -0.4 is 4.72 Å². The van der Waals surface area contributed by atoms with Crippen molar-refractivity contribution < 1.29 is 18.3 Å². The first-order chi connectivity index (χ1) is 8.31. The predicted molar refractivity (Wildman–Crippen MR) is 72.4 cm³/mol. The van der Waals surface area contributed by atoms with Crippen LogP contribution in [-0.4, -0.2) is 37.5 Å². The van der Waals surface area contributed by atoms with Gasteiger partial charge in [-0.3, -0.25) is 4.79 Å². The predicted octanol–water partition coefficient (Wildman–Crippen LogP) is 0.702. The van der Waals surface area contributed by atoms with E-state index >= 15 is 0 Å². The Kier molecular flexibility index (Phi) is 5.18. The van der Waals surface area contributed by atoms with Crippen LogP contribution in [0.4, 0.5) is 0 Å². The Morgan fingerprint density at radius 2 is 1.94 bits per heavy atom. The fourth-order valence-electron chi connectivity index (χ4n) is 1.54. The molecule has 0 spiro atoms. The Morgan fingerprint density at radius 3 is 2.39 bits per heavy atom. The highest BCUT2D eigenvalue weighted by molar-refractivity contribution is 7.88. The van der Waals surface area contributed by atoms with Crippen LogP contribution in [0.3, 0.4) is 0 Å². The minimum Gasteiger partial charge on any atom is -0.481 e. The lowest BCUT2D eigenvalue weighted by molar-refractivity contribution is -0.138. The first-order valence-electron chi connectivity index (χ1n) is 5.21. The average Bonchev–Trinajstić information content (AvgIpc) is 2.26. The third-order valence-corrected chi connectivity index (χ3v) is 3.54. The van der Waals surface area contributed by atoms with Gasteiger partial charge in [-0.15, -0.1) is 0 Å². The molecule has 0 aliphatic carbocycles. The molecule has 0 saturated carbocycles. The van der Waals surface area contributed by atoms with E-state index in [1.54, 1.807) is 30.3 Å². The van der Waals surface area contributed by atoms with Crippen molar-refractivity contribution in [1.82, 2.24) is 4.72 Å². The summed E-state index contributed by atoms with van der Waals surface area (Å²) in [6.07, 6.45) is 1.02.